The van der Waals surface area contributed by atoms with Gasteiger partial charge in [0.15, 0.2) is 0 Å². The van der Waals surface area contributed by atoms with E-state index in [0.29, 0.717) is 22.6 Å². The highest BCUT2D eigenvalue weighted by atomic mass is 16.3. The van der Waals surface area contributed by atoms with Crippen LogP contribution >= 0.6 is 0 Å². The van der Waals surface area contributed by atoms with Crippen molar-refractivity contribution in [3.05, 3.63) is 58.7 Å². The van der Waals surface area contributed by atoms with Crippen LogP contribution in [0.5, 0.6) is 0 Å². The van der Waals surface area contributed by atoms with Crippen LogP contribution in [0.2, 0.25) is 0 Å². The van der Waals surface area contributed by atoms with Gasteiger partial charge in [0.1, 0.15) is 11.5 Å². The number of amides is 2. The number of carbonyl (C=O) groups excluding carboxylic acids is 2. The van der Waals surface area contributed by atoms with Gasteiger partial charge in [0.05, 0.1) is 11.1 Å². The van der Waals surface area contributed by atoms with Crippen molar-refractivity contribution in [1.82, 2.24) is 15.4 Å². The third-order valence-electron chi connectivity index (χ3n) is 4.22. The minimum absolute atomic E-state index is 0.365. The second kappa shape index (κ2) is 5.88. The van der Waals surface area contributed by atoms with Gasteiger partial charge in [0, 0.05) is 29.7 Å². The Morgan fingerprint density at radius 3 is 2.33 bits per heavy atom. The maximum atomic E-state index is 12.4. The number of nitrogens with zero attached hydrogens (tertiary/aromatic N) is 1. The molecule has 2 amide bonds. The van der Waals surface area contributed by atoms with E-state index < -0.39 is 5.91 Å². The Labute approximate surface area is 139 Å². The Morgan fingerprint density at radius 1 is 1.00 bits per heavy atom. The van der Waals surface area contributed by atoms with Crippen LogP contribution in [0.4, 0.5) is 0 Å². The second-order valence-electron chi connectivity index (χ2n) is 5.79. The molecular weight excluding hydrogens is 306 g/mol. The van der Waals surface area contributed by atoms with Gasteiger partial charge in [-0.3, -0.25) is 20.4 Å². The van der Waals surface area contributed by atoms with Crippen LogP contribution in [0, 0.1) is 20.8 Å². The van der Waals surface area contributed by atoms with Gasteiger partial charge in [-0.05, 0) is 26.8 Å². The fourth-order valence-electron chi connectivity index (χ4n) is 2.89. The number of rotatable bonds is 2. The van der Waals surface area contributed by atoms with Crippen molar-refractivity contribution in [2.75, 3.05) is 0 Å². The summed E-state index contributed by atoms with van der Waals surface area (Å²) in [5.74, 6) is 0.464. The van der Waals surface area contributed by atoms with Gasteiger partial charge in [0.2, 0.25) is 0 Å². The van der Waals surface area contributed by atoms with E-state index in [0.717, 1.165) is 16.5 Å². The summed E-state index contributed by atoms with van der Waals surface area (Å²) in [6.07, 6.45) is 1.74. The van der Waals surface area contributed by atoms with Crippen LogP contribution in [0.1, 0.15) is 37.8 Å². The monoisotopic (exact) mass is 325 g/mol. The molecule has 3 aromatic rings. The SMILES string of the molecule is Cc1oc(C)c(C(=O)NNC(=O)c2cn(C)c3ccccc23)c1C. The first-order chi connectivity index (χ1) is 11.4. The third kappa shape index (κ3) is 2.56. The summed E-state index contributed by atoms with van der Waals surface area (Å²) in [6.45, 7) is 5.34. The van der Waals surface area contributed by atoms with Crippen molar-refractivity contribution in [3.8, 4) is 0 Å². The number of carbonyl (C=O) groups is 2. The molecule has 0 atom stereocenters. The average Bonchev–Trinajstić information content (AvgIpc) is 3.02. The minimum Gasteiger partial charge on any atom is -0.466 e. The van der Waals surface area contributed by atoms with E-state index in [1.807, 2.05) is 42.8 Å². The first kappa shape index (κ1) is 15.9. The number of hydrazine groups is 1. The van der Waals surface area contributed by atoms with Crippen molar-refractivity contribution >= 4 is 22.7 Å². The standard InChI is InChI=1S/C18H19N3O3/c1-10-11(2)24-12(3)16(10)18(23)20-19-17(22)14-9-21(4)15-8-6-5-7-13(14)15/h5-9H,1-4H3,(H,19,22)(H,20,23). The third-order valence-corrected chi connectivity index (χ3v) is 4.22. The molecule has 0 spiro atoms. The summed E-state index contributed by atoms with van der Waals surface area (Å²) < 4.78 is 7.32. The number of hydrogen-bond acceptors (Lipinski definition) is 3. The molecule has 0 aliphatic carbocycles. The van der Waals surface area contributed by atoms with E-state index in [4.69, 9.17) is 4.42 Å². The molecule has 1 aromatic carbocycles. The van der Waals surface area contributed by atoms with Crippen LogP contribution in [-0.2, 0) is 7.05 Å². The van der Waals surface area contributed by atoms with E-state index in [1.54, 1.807) is 20.0 Å². The molecule has 0 saturated carbocycles. The number of nitrogens with one attached hydrogen (secondary N) is 2. The number of aryl methyl sites for hydroxylation is 3. The predicted octanol–water partition coefficient (Wildman–Crippen LogP) is 2.77. The molecule has 0 aliphatic rings. The van der Waals surface area contributed by atoms with E-state index in [1.165, 1.54) is 0 Å². The number of furan rings is 1. The Morgan fingerprint density at radius 2 is 1.67 bits per heavy atom. The summed E-state index contributed by atoms with van der Waals surface area (Å²) in [5, 5.41) is 0.832. The van der Waals surface area contributed by atoms with Crippen LogP contribution in [0.3, 0.4) is 0 Å². The number of aromatic nitrogens is 1. The minimum atomic E-state index is -0.393. The summed E-state index contributed by atoms with van der Waals surface area (Å²) in [4.78, 5) is 24.7. The second-order valence-corrected chi connectivity index (χ2v) is 5.79. The predicted molar refractivity (Wildman–Crippen MR) is 90.8 cm³/mol. The van der Waals surface area contributed by atoms with Gasteiger partial charge in [-0.1, -0.05) is 18.2 Å². The Bertz CT molecular complexity index is 950. The molecule has 0 unspecified atom stereocenters. The van der Waals surface area contributed by atoms with Gasteiger partial charge in [-0.2, -0.15) is 0 Å². The quantitative estimate of drug-likeness (QED) is 0.711. The highest BCUT2D eigenvalue weighted by Crippen LogP contribution is 2.21. The topological polar surface area (TPSA) is 76.3 Å². The van der Waals surface area contributed by atoms with Crippen molar-refractivity contribution in [2.24, 2.45) is 7.05 Å². The summed E-state index contributed by atoms with van der Waals surface area (Å²) >= 11 is 0. The number of fused-ring (bicyclic) bond motifs is 1. The molecule has 124 valence electrons. The molecular formula is C18H19N3O3. The highest BCUT2D eigenvalue weighted by molar-refractivity contribution is 6.08. The molecule has 0 aliphatic heterocycles. The van der Waals surface area contributed by atoms with Crippen LogP contribution < -0.4 is 10.9 Å². The van der Waals surface area contributed by atoms with Gasteiger partial charge >= 0.3 is 0 Å². The molecule has 24 heavy (non-hydrogen) atoms. The van der Waals surface area contributed by atoms with Crippen molar-refractivity contribution in [2.45, 2.75) is 20.8 Å². The van der Waals surface area contributed by atoms with Crippen molar-refractivity contribution in [1.29, 1.82) is 0 Å². The van der Waals surface area contributed by atoms with Gasteiger partial charge in [-0.25, -0.2) is 0 Å². The number of para-hydroxylation sites is 1. The van der Waals surface area contributed by atoms with Crippen molar-refractivity contribution in [3.63, 3.8) is 0 Å². The largest absolute Gasteiger partial charge is 0.466 e. The maximum Gasteiger partial charge on any atom is 0.273 e. The first-order valence-corrected chi connectivity index (χ1v) is 7.61. The lowest BCUT2D eigenvalue weighted by Gasteiger charge is -2.07. The smallest absolute Gasteiger partial charge is 0.273 e. The lowest BCUT2D eigenvalue weighted by atomic mass is 10.1. The maximum absolute atomic E-state index is 12.4. The molecule has 6 nitrogen and oxygen atoms in total. The van der Waals surface area contributed by atoms with Crippen LogP contribution in [0.25, 0.3) is 10.9 Å². The summed E-state index contributed by atoms with van der Waals surface area (Å²) in [6, 6.07) is 7.60. The normalized spacial score (nSPS) is 10.8. The molecule has 3 rings (SSSR count). The molecule has 2 heterocycles. The van der Waals surface area contributed by atoms with Crippen molar-refractivity contribution < 1.29 is 14.0 Å². The van der Waals surface area contributed by atoms with Gasteiger partial charge < -0.3 is 8.98 Å². The van der Waals surface area contributed by atoms with E-state index in [2.05, 4.69) is 10.9 Å². The van der Waals surface area contributed by atoms with Gasteiger partial charge in [-0.15, -0.1) is 0 Å². The Hall–Kier alpha value is -3.02. The lowest BCUT2D eigenvalue weighted by molar-refractivity contribution is 0.0846. The van der Waals surface area contributed by atoms with E-state index in [9.17, 15) is 9.59 Å². The lowest BCUT2D eigenvalue weighted by Crippen LogP contribution is -2.41. The number of hydrogen-bond donors (Lipinski definition) is 2. The molecule has 0 fully saturated rings. The number of benzene rings is 1. The van der Waals surface area contributed by atoms with E-state index in [-0.39, 0.29) is 5.91 Å². The zero-order valence-corrected chi connectivity index (χ0v) is 14.1. The molecule has 0 saturated heterocycles. The fraction of sp³-hybridized carbons (Fsp3) is 0.222. The fourth-order valence-corrected chi connectivity index (χ4v) is 2.89. The summed E-state index contributed by atoms with van der Waals surface area (Å²) in [7, 11) is 1.87. The average molecular weight is 325 g/mol. The van der Waals surface area contributed by atoms with Gasteiger partial charge in [0.25, 0.3) is 11.8 Å². The Kier molecular flexibility index (Phi) is 3.89. The molecule has 2 aromatic heterocycles. The Balaban J connectivity index is 1.79. The molecule has 6 heteroatoms. The zero-order valence-electron chi connectivity index (χ0n) is 14.1. The van der Waals surface area contributed by atoms with E-state index >= 15 is 0 Å². The molecule has 0 radical (unpaired) electrons. The molecule has 0 bridgehead atoms. The zero-order chi connectivity index (χ0) is 17.4. The van der Waals surface area contributed by atoms with Crippen LogP contribution in [0.15, 0.2) is 34.9 Å². The summed E-state index contributed by atoms with van der Waals surface area (Å²) in [5.41, 5.74) is 7.60. The first-order valence-electron chi connectivity index (χ1n) is 7.61. The highest BCUT2D eigenvalue weighted by Gasteiger charge is 2.20. The van der Waals surface area contributed by atoms with Crippen LogP contribution in [-0.4, -0.2) is 16.4 Å². The molecule has 2 N–H and O–H groups in total.